The lowest BCUT2D eigenvalue weighted by Gasteiger charge is -2.21. The normalized spacial score (nSPS) is 12.3. The number of anilines is 1. The first-order valence-corrected chi connectivity index (χ1v) is 6.62. The topological polar surface area (TPSA) is 67.1 Å². The second-order valence-electron chi connectivity index (χ2n) is 4.59. The van der Waals surface area contributed by atoms with Crippen molar-refractivity contribution in [2.45, 2.75) is 32.7 Å². The third kappa shape index (κ3) is 5.26. The zero-order valence-electron chi connectivity index (χ0n) is 11.4. The van der Waals surface area contributed by atoms with Gasteiger partial charge in [-0.2, -0.15) is 0 Å². The van der Waals surface area contributed by atoms with Gasteiger partial charge in [0.1, 0.15) is 5.82 Å². The second-order valence-corrected chi connectivity index (χ2v) is 4.59. The Bertz CT molecular complexity index is 407. The molecule has 0 spiro atoms. The van der Waals surface area contributed by atoms with Gasteiger partial charge in [-0.15, -0.1) is 0 Å². The molecule has 1 aromatic carbocycles. The van der Waals surface area contributed by atoms with Gasteiger partial charge in [0, 0.05) is 18.3 Å². The standard InChI is InChI=1S/C14H22FN3O/c1-3-10(4-2)13(16)9-17-14(19)18-12-7-5-6-11(15)8-12/h5-8,10,13H,3-4,9,16H2,1-2H3,(H2,17,18,19). The Morgan fingerprint density at radius 1 is 1.37 bits per heavy atom. The Balaban J connectivity index is 2.39. The molecule has 0 fully saturated rings. The summed E-state index contributed by atoms with van der Waals surface area (Å²) in [5.41, 5.74) is 6.43. The second kappa shape index (κ2) is 7.74. The zero-order chi connectivity index (χ0) is 14.3. The summed E-state index contributed by atoms with van der Waals surface area (Å²) in [6.07, 6.45) is 1.98. The Hall–Kier alpha value is -1.62. The molecule has 4 N–H and O–H groups in total. The van der Waals surface area contributed by atoms with Crippen LogP contribution in [0, 0.1) is 11.7 Å². The smallest absolute Gasteiger partial charge is 0.319 e. The molecule has 106 valence electrons. The fraction of sp³-hybridized carbons (Fsp3) is 0.500. The molecule has 1 unspecified atom stereocenters. The Morgan fingerprint density at radius 3 is 2.63 bits per heavy atom. The van der Waals surface area contributed by atoms with Gasteiger partial charge in [-0.3, -0.25) is 0 Å². The van der Waals surface area contributed by atoms with E-state index in [1.54, 1.807) is 12.1 Å². The van der Waals surface area contributed by atoms with Crippen molar-refractivity contribution in [3.8, 4) is 0 Å². The van der Waals surface area contributed by atoms with Crippen molar-refractivity contribution in [1.82, 2.24) is 5.32 Å². The first-order chi connectivity index (χ1) is 9.06. The minimum absolute atomic E-state index is 0.0618. The lowest BCUT2D eigenvalue weighted by molar-refractivity contribution is 0.249. The highest BCUT2D eigenvalue weighted by Crippen LogP contribution is 2.11. The first-order valence-electron chi connectivity index (χ1n) is 6.62. The molecule has 0 saturated carbocycles. The van der Waals surface area contributed by atoms with E-state index in [1.807, 2.05) is 0 Å². The number of benzene rings is 1. The number of nitrogens with one attached hydrogen (secondary N) is 2. The van der Waals surface area contributed by atoms with Crippen molar-refractivity contribution in [2.75, 3.05) is 11.9 Å². The highest BCUT2D eigenvalue weighted by Gasteiger charge is 2.14. The van der Waals surface area contributed by atoms with Crippen LogP contribution in [0.5, 0.6) is 0 Å². The largest absolute Gasteiger partial charge is 0.336 e. The summed E-state index contributed by atoms with van der Waals surface area (Å²) in [4.78, 5) is 11.6. The number of carbonyl (C=O) groups excluding carboxylic acids is 1. The van der Waals surface area contributed by atoms with Gasteiger partial charge in [-0.05, 0) is 24.1 Å². The van der Waals surface area contributed by atoms with Gasteiger partial charge in [0.05, 0.1) is 0 Å². The molecule has 0 bridgehead atoms. The molecule has 0 saturated heterocycles. The summed E-state index contributed by atoms with van der Waals surface area (Å²) in [5, 5.41) is 5.27. The van der Waals surface area contributed by atoms with E-state index in [4.69, 9.17) is 5.73 Å². The van der Waals surface area contributed by atoms with Crippen LogP contribution in [0.3, 0.4) is 0 Å². The van der Waals surface area contributed by atoms with E-state index in [0.717, 1.165) is 12.8 Å². The minimum Gasteiger partial charge on any atom is -0.336 e. The minimum atomic E-state index is -0.383. The van der Waals surface area contributed by atoms with Gasteiger partial charge < -0.3 is 16.4 Å². The van der Waals surface area contributed by atoms with Gasteiger partial charge in [-0.1, -0.05) is 32.8 Å². The maximum Gasteiger partial charge on any atom is 0.319 e. The molecule has 0 aliphatic rings. The van der Waals surface area contributed by atoms with Crippen molar-refractivity contribution < 1.29 is 9.18 Å². The Kier molecular flexibility index (Phi) is 6.29. The quantitative estimate of drug-likeness (QED) is 0.742. The fourth-order valence-electron chi connectivity index (χ4n) is 2.01. The summed E-state index contributed by atoms with van der Waals surface area (Å²) in [6.45, 7) is 4.58. The molecule has 0 aliphatic carbocycles. The lowest BCUT2D eigenvalue weighted by atomic mass is 9.95. The van der Waals surface area contributed by atoms with Gasteiger partial charge in [0.15, 0.2) is 0 Å². The van der Waals surface area contributed by atoms with Crippen molar-refractivity contribution in [2.24, 2.45) is 11.7 Å². The van der Waals surface area contributed by atoms with Crippen molar-refractivity contribution in [3.05, 3.63) is 30.1 Å². The highest BCUT2D eigenvalue weighted by molar-refractivity contribution is 5.89. The van der Waals surface area contributed by atoms with E-state index in [1.165, 1.54) is 12.1 Å². The number of nitrogens with two attached hydrogens (primary N) is 1. The molecule has 19 heavy (non-hydrogen) atoms. The molecule has 1 rings (SSSR count). The summed E-state index contributed by atoms with van der Waals surface area (Å²) in [7, 11) is 0. The van der Waals surface area contributed by atoms with E-state index in [-0.39, 0.29) is 17.9 Å². The van der Waals surface area contributed by atoms with E-state index in [2.05, 4.69) is 24.5 Å². The maximum absolute atomic E-state index is 12.9. The van der Waals surface area contributed by atoms with Crippen LogP contribution in [0.25, 0.3) is 0 Å². The number of urea groups is 1. The van der Waals surface area contributed by atoms with E-state index in [9.17, 15) is 9.18 Å². The molecule has 0 aliphatic heterocycles. The van der Waals surface area contributed by atoms with Crippen LogP contribution in [0.1, 0.15) is 26.7 Å². The van der Waals surface area contributed by atoms with Crippen LogP contribution in [0.2, 0.25) is 0 Å². The first kappa shape index (κ1) is 15.4. The third-order valence-electron chi connectivity index (χ3n) is 3.24. The van der Waals surface area contributed by atoms with Crippen LogP contribution in [-0.2, 0) is 0 Å². The van der Waals surface area contributed by atoms with Gasteiger partial charge in [-0.25, -0.2) is 9.18 Å². The van der Waals surface area contributed by atoms with Crippen molar-refractivity contribution in [3.63, 3.8) is 0 Å². The van der Waals surface area contributed by atoms with E-state index in [0.29, 0.717) is 18.2 Å². The number of amides is 2. The van der Waals surface area contributed by atoms with E-state index >= 15 is 0 Å². The summed E-state index contributed by atoms with van der Waals surface area (Å²) >= 11 is 0. The van der Waals surface area contributed by atoms with Crippen LogP contribution in [0.4, 0.5) is 14.9 Å². The molecule has 0 aromatic heterocycles. The maximum atomic E-state index is 12.9. The number of hydrogen-bond donors (Lipinski definition) is 3. The molecular weight excluding hydrogens is 245 g/mol. The predicted molar refractivity (Wildman–Crippen MR) is 75.5 cm³/mol. The molecule has 4 nitrogen and oxygen atoms in total. The number of carbonyl (C=O) groups is 1. The number of rotatable bonds is 6. The van der Waals surface area contributed by atoms with Crippen molar-refractivity contribution in [1.29, 1.82) is 0 Å². The number of halogens is 1. The average Bonchev–Trinajstić information content (AvgIpc) is 2.38. The van der Waals surface area contributed by atoms with Gasteiger partial charge in [0.2, 0.25) is 0 Å². The Morgan fingerprint density at radius 2 is 2.05 bits per heavy atom. The monoisotopic (exact) mass is 267 g/mol. The van der Waals surface area contributed by atoms with Gasteiger partial charge in [0.25, 0.3) is 0 Å². The average molecular weight is 267 g/mol. The lowest BCUT2D eigenvalue weighted by Crippen LogP contribution is -2.43. The number of hydrogen-bond acceptors (Lipinski definition) is 2. The van der Waals surface area contributed by atoms with Crippen LogP contribution < -0.4 is 16.4 Å². The summed E-state index contributed by atoms with van der Waals surface area (Å²) in [5.74, 6) is 0.0148. The molecular formula is C14H22FN3O. The summed E-state index contributed by atoms with van der Waals surface area (Å²) in [6, 6.07) is 5.33. The summed E-state index contributed by atoms with van der Waals surface area (Å²) < 4.78 is 12.9. The van der Waals surface area contributed by atoms with Gasteiger partial charge >= 0.3 is 6.03 Å². The highest BCUT2D eigenvalue weighted by atomic mass is 19.1. The molecule has 1 aromatic rings. The molecule has 2 amide bonds. The predicted octanol–water partition coefficient (Wildman–Crippen LogP) is 2.71. The zero-order valence-corrected chi connectivity index (χ0v) is 11.4. The Labute approximate surface area is 113 Å². The van der Waals surface area contributed by atoms with Crippen molar-refractivity contribution >= 4 is 11.7 Å². The third-order valence-corrected chi connectivity index (χ3v) is 3.24. The van der Waals surface area contributed by atoms with E-state index < -0.39 is 0 Å². The van der Waals surface area contributed by atoms with Crippen LogP contribution >= 0.6 is 0 Å². The van der Waals surface area contributed by atoms with Crippen LogP contribution in [-0.4, -0.2) is 18.6 Å². The molecule has 0 heterocycles. The SMILES string of the molecule is CCC(CC)C(N)CNC(=O)Nc1cccc(F)c1. The molecule has 5 heteroatoms. The molecule has 1 atom stereocenters. The van der Waals surface area contributed by atoms with Crippen LogP contribution in [0.15, 0.2) is 24.3 Å². The molecule has 0 radical (unpaired) electrons. The fourth-order valence-corrected chi connectivity index (χ4v) is 2.01.